The Morgan fingerprint density at radius 1 is 0.950 bits per heavy atom. The number of amides is 2. The minimum Gasteiger partial charge on any atom is -0.354 e. The number of sulfonamides is 1. The lowest BCUT2D eigenvalue weighted by molar-refractivity contribution is -0.140. The average molecular weight is 609 g/mol. The van der Waals surface area contributed by atoms with Gasteiger partial charge in [-0.05, 0) is 67.8 Å². The highest BCUT2D eigenvalue weighted by atomic mass is 35.5. The SMILES string of the molecule is CCCNC(=O)[C@@H](CC)N(Cc1ccc(F)cc1)C(=O)CN(c1cc(Cl)cc(Cl)c1)S(=O)(=O)c1ccc(C)cc1. The third-order valence-corrected chi connectivity index (χ3v) is 8.45. The Morgan fingerprint density at radius 3 is 2.10 bits per heavy atom. The number of nitrogens with zero attached hydrogens (tertiary/aromatic N) is 2. The number of rotatable bonds is 12. The van der Waals surface area contributed by atoms with E-state index in [4.69, 9.17) is 23.2 Å². The van der Waals surface area contributed by atoms with Crippen molar-refractivity contribution in [1.82, 2.24) is 10.2 Å². The Morgan fingerprint density at radius 2 is 1.55 bits per heavy atom. The zero-order valence-corrected chi connectivity index (χ0v) is 24.9. The topological polar surface area (TPSA) is 86.8 Å². The molecule has 0 saturated heterocycles. The molecule has 0 saturated carbocycles. The Bertz CT molecular complexity index is 1410. The van der Waals surface area contributed by atoms with E-state index < -0.39 is 34.3 Å². The first kappa shape index (κ1) is 31.4. The standard InChI is InChI=1S/C29H32Cl2FN3O4S/c1-4-14-33-29(37)27(5-2)34(18-21-8-10-24(32)11-9-21)28(36)19-35(25-16-22(30)15-23(31)17-25)40(38,39)26-12-6-20(3)7-13-26/h6-13,15-17,27H,4-5,14,18-19H2,1-3H3,(H,33,37)/t27-/m1/s1. The van der Waals surface area contributed by atoms with Gasteiger partial charge in [0.2, 0.25) is 11.8 Å². The first-order chi connectivity index (χ1) is 19.0. The summed E-state index contributed by atoms with van der Waals surface area (Å²) in [5, 5.41) is 3.19. The summed E-state index contributed by atoms with van der Waals surface area (Å²) in [6.07, 6.45) is 0.975. The van der Waals surface area contributed by atoms with Crippen LogP contribution < -0.4 is 9.62 Å². The highest BCUT2D eigenvalue weighted by molar-refractivity contribution is 7.92. The van der Waals surface area contributed by atoms with Crippen molar-refractivity contribution in [3.05, 3.63) is 93.7 Å². The van der Waals surface area contributed by atoms with Crippen LogP contribution in [0.15, 0.2) is 71.6 Å². The number of hydrogen-bond acceptors (Lipinski definition) is 4. The molecule has 1 N–H and O–H groups in total. The Kier molecular flexibility index (Phi) is 11.0. The molecule has 214 valence electrons. The maximum absolute atomic E-state index is 14.0. The molecule has 2 amide bonds. The number of carbonyl (C=O) groups excluding carboxylic acids is 2. The van der Waals surface area contributed by atoms with Gasteiger partial charge >= 0.3 is 0 Å². The maximum Gasteiger partial charge on any atom is 0.264 e. The third kappa shape index (κ3) is 7.96. The Hall–Kier alpha value is -3.14. The van der Waals surface area contributed by atoms with Crippen molar-refractivity contribution in [2.24, 2.45) is 0 Å². The van der Waals surface area contributed by atoms with E-state index in [2.05, 4.69) is 5.32 Å². The van der Waals surface area contributed by atoms with Gasteiger partial charge in [0.1, 0.15) is 18.4 Å². The highest BCUT2D eigenvalue weighted by Crippen LogP contribution is 2.30. The summed E-state index contributed by atoms with van der Waals surface area (Å²) in [7, 11) is -4.26. The van der Waals surface area contributed by atoms with Crippen LogP contribution in [0.25, 0.3) is 0 Å². The van der Waals surface area contributed by atoms with Crippen LogP contribution in [-0.2, 0) is 26.2 Å². The van der Waals surface area contributed by atoms with E-state index in [0.717, 1.165) is 9.87 Å². The van der Waals surface area contributed by atoms with Gasteiger partial charge in [0.05, 0.1) is 10.6 Å². The molecule has 0 aliphatic carbocycles. The first-order valence-electron chi connectivity index (χ1n) is 12.8. The van der Waals surface area contributed by atoms with Crippen LogP contribution >= 0.6 is 23.2 Å². The molecule has 0 aliphatic rings. The normalized spacial score (nSPS) is 12.1. The lowest BCUT2D eigenvalue weighted by Gasteiger charge is -2.33. The number of aryl methyl sites for hydroxylation is 1. The van der Waals surface area contributed by atoms with E-state index in [-0.39, 0.29) is 39.5 Å². The fourth-order valence-corrected chi connectivity index (χ4v) is 6.03. The quantitative estimate of drug-likeness (QED) is 0.275. The number of anilines is 1. The van der Waals surface area contributed by atoms with Gasteiger partial charge in [-0.3, -0.25) is 13.9 Å². The second kappa shape index (κ2) is 14.0. The number of benzene rings is 3. The second-order valence-electron chi connectivity index (χ2n) is 9.32. The number of carbonyl (C=O) groups is 2. The van der Waals surface area contributed by atoms with E-state index in [1.165, 1.54) is 59.5 Å². The van der Waals surface area contributed by atoms with E-state index in [1.807, 2.05) is 13.8 Å². The van der Waals surface area contributed by atoms with E-state index in [0.29, 0.717) is 18.5 Å². The van der Waals surface area contributed by atoms with Crippen LogP contribution in [0.2, 0.25) is 10.0 Å². The molecule has 40 heavy (non-hydrogen) atoms. The second-order valence-corrected chi connectivity index (χ2v) is 12.1. The van der Waals surface area contributed by atoms with Crippen LogP contribution in [0.1, 0.15) is 37.8 Å². The summed E-state index contributed by atoms with van der Waals surface area (Å²) >= 11 is 12.4. The van der Waals surface area contributed by atoms with Gasteiger partial charge in [0.25, 0.3) is 10.0 Å². The van der Waals surface area contributed by atoms with Crippen LogP contribution in [0.5, 0.6) is 0 Å². The van der Waals surface area contributed by atoms with Gasteiger partial charge in [0, 0.05) is 23.1 Å². The number of nitrogens with one attached hydrogen (secondary N) is 1. The molecule has 3 rings (SSSR count). The molecule has 3 aromatic rings. The fourth-order valence-electron chi connectivity index (χ4n) is 4.12. The highest BCUT2D eigenvalue weighted by Gasteiger charge is 2.33. The van der Waals surface area contributed by atoms with Crippen molar-refractivity contribution in [1.29, 1.82) is 0 Å². The minimum absolute atomic E-state index is 0.0280. The molecule has 1 atom stereocenters. The lowest BCUT2D eigenvalue weighted by Crippen LogP contribution is -2.52. The van der Waals surface area contributed by atoms with Gasteiger partial charge in [-0.1, -0.05) is 66.9 Å². The summed E-state index contributed by atoms with van der Waals surface area (Å²) in [6, 6.07) is 15.2. The molecular formula is C29H32Cl2FN3O4S. The fraction of sp³-hybridized carbons (Fsp3) is 0.310. The predicted octanol–water partition coefficient (Wildman–Crippen LogP) is 5.97. The van der Waals surface area contributed by atoms with E-state index in [9.17, 15) is 22.4 Å². The van der Waals surface area contributed by atoms with Gasteiger partial charge in [-0.25, -0.2) is 12.8 Å². The average Bonchev–Trinajstić information content (AvgIpc) is 2.91. The summed E-state index contributed by atoms with van der Waals surface area (Å²) < 4.78 is 42.3. The van der Waals surface area contributed by atoms with Gasteiger partial charge < -0.3 is 10.2 Å². The van der Waals surface area contributed by atoms with Crippen molar-refractivity contribution < 1.29 is 22.4 Å². The van der Waals surface area contributed by atoms with Crippen LogP contribution in [0.4, 0.5) is 10.1 Å². The maximum atomic E-state index is 14.0. The molecule has 0 aliphatic heterocycles. The molecular weight excluding hydrogens is 576 g/mol. The lowest BCUT2D eigenvalue weighted by atomic mass is 10.1. The summed E-state index contributed by atoms with van der Waals surface area (Å²) in [6.45, 7) is 5.25. The monoisotopic (exact) mass is 607 g/mol. The molecule has 0 fully saturated rings. The molecule has 7 nitrogen and oxygen atoms in total. The van der Waals surface area contributed by atoms with Crippen LogP contribution in [0.3, 0.4) is 0 Å². The molecule has 11 heteroatoms. The number of halogens is 3. The zero-order valence-electron chi connectivity index (χ0n) is 22.5. The molecule has 0 bridgehead atoms. The van der Waals surface area contributed by atoms with Gasteiger partial charge in [-0.15, -0.1) is 0 Å². The number of hydrogen-bond donors (Lipinski definition) is 1. The van der Waals surface area contributed by atoms with E-state index >= 15 is 0 Å². The Balaban J connectivity index is 2.08. The van der Waals surface area contributed by atoms with Gasteiger partial charge in [0.15, 0.2) is 0 Å². The van der Waals surface area contributed by atoms with Crippen LogP contribution in [-0.4, -0.2) is 44.3 Å². The summed E-state index contributed by atoms with van der Waals surface area (Å²) in [5.41, 5.74) is 1.54. The van der Waals surface area contributed by atoms with Crippen molar-refractivity contribution in [2.45, 2.75) is 51.1 Å². The van der Waals surface area contributed by atoms with Crippen molar-refractivity contribution in [2.75, 3.05) is 17.4 Å². The molecule has 0 aromatic heterocycles. The molecule has 0 spiro atoms. The van der Waals surface area contributed by atoms with Crippen LogP contribution in [0, 0.1) is 12.7 Å². The summed E-state index contributed by atoms with van der Waals surface area (Å²) in [4.78, 5) is 28.4. The van der Waals surface area contributed by atoms with Gasteiger partial charge in [-0.2, -0.15) is 0 Å². The molecule has 3 aromatic carbocycles. The van der Waals surface area contributed by atoms with Crippen molar-refractivity contribution >= 4 is 50.7 Å². The zero-order chi connectivity index (χ0) is 29.4. The molecule has 0 radical (unpaired) electrons. The first-order valence-corrected chi connectivity index (χ1v) is 15.0. The molecule has 0 unspecified atom stereocenters. The Labute approximate surface area is 244 Å². The third-order valence-electron chi connectivity index (χ3n) is 6.22. The minimum atomic E-state index is -4.26. The van der Waals surface area contributed by atoms with Crippen molar-refractivity contribution in [3.63, 3.8) is 0 Å². The molecule has 0 heterocycles. The van der Waals surface area contributed by atoms with Crippen molar-refractivity contribution in [3.8, 4) is 0 Å². The predicted molar refractivity (Wildman–Crippen MR) is 157 cm³/mol. The smallest absolute Gasteiger partial charge is 0.264 e. The van der Waals surface area contributed by atoms with E-state index in [1.54, 1.807) is 19.1 Å². The largest absolute Gasteiger partial charge is 0.354 e. The summed E-state index contributed by atoms with van der Waals surface area (Å²) in [5.74, 6) is -1.43.